The van der Waals surface area contributed by atoms with Crippen LogP contribution in [0.5, 0.6) is 5.75 Å². The van der Waals surface area contributed by atoms with E-state index < -0.39 is 6.10 Å². The van der Waals surface area contributed by atoms with Gasteiger partial charge in [0.25, 0.3) is 0 Å². The summed E-state index contributed by atoms with van der Waals surface area (Å²) in [5, 5.41) is 10.1. The van der Waals surface area contributed by atoms with Crippen LogP contribution < -0.4 is 4.74 Å². The van der Waals surface area contributed by atoms with Crippen molar-refractivity contribution in [1.82, 2.24) is 9.80 Å². The van der Waals surface area contributed by atoms with Crippen molar-refractivity contribution in [3.63, 3.8) is 0 Å². The summed E-state index contributed by atoms with van der Waals surface area (Å²) in [5.41, 5.74) is 1.18. The van der Waals surface area contributed by atoms with Crippen molar-refractivity contribution in [1.29, 1.82) is 0 Å². The van der Waals surface area contributed by atoms with Crippen molar-refractivity contribution in [2.75, 3.05) is 45.9 Å². The molecule has 0 saturated carbocycles. The van der Waals surface area contributed by atoms with Gasteiger partial charge in [0.15, 0.2) is 0 Å². The van der Waals surface area contributed by atoms with E-state index in [0.717, 1.165) is 18.8 Å². The smallest absolute Gasteiger partial charge is 0.409 e. The number of aliphatic hydroxyl groups is 1. The van der Waals surface area contributed by atoms with Gasteiger partial charge >= 0.3 is 6.09 Å². The Morgan fingerprint density at radius 2 is 1.87 bits per heavy atom. The fourth-order valence-corrected chi connectivity index (χ4v) is 2.51. The first-order valence-corrected chi connectivity index (χ1v) is 8.10. The summed E-state index contributed by atoms with van der Waals surface area (Å²) in [6.45, 7) is 7.76. The number of rotatable bonds is 6. The number of ether oxygens (including phenoxy) is 2. The third kappa shape index (κ3) is 5.73. The van der Waals surface area contributed by atoms with Crippen molar-refractivity contribution in [3.8, 4) is 5.75 Å². The summed E-state index contributed by atoms with van der Waals surface area (Å²) in [4.78, 5) is 15.5. The number of aliphatic hydroxyl groups excluding tert-OH is 1. The molecule has 1 saturated heterocycles. The molecule has 23 heavy (non-hydrogen) atoms. The summed E-state index contributed by atoms with van der Waals surface area (Å²) >= 11 is 0. The second-order valence-corrected chi connectivity index (χ2v) is 5.76. The minimum Gasteiger partial charge on any atom is -0.491 e. The number of piperazine rings is 1. The molecule has 1 aliphatic rings. The molecule has 1 aliphatic heterocycles. The van der Waals surface area contributed by atoms with E-state index in [0.29, 0.717) is 26.2 Å². The summed E-state index contributed by atoms with van der Waals surface area (Å²) in [7, 11) is 0. The minimum absolute atomic E-state index is 0.254. The van der Waals surface area contributed by atoms with Gasteiger partial charge in [0.2, 0.25) is 0 Å². The van der Waals surface area contributed by atoms with Crippen molar-refractivity contribution in [2.45, 2.75) is 20.0 Å². The molecule has 0 aliphatic carbocycles. The van der Waals surface area contributed by atoms with Crippen molar-refractivity contribution < 1.29 is 19.4 Å². The Hall–Kier alpha value is -1.79. The van der Waals surface area contributed by atoms with Gasteiger partial charge in [-0.2, -0.15) is 0 Å². The van der Waals surface area contributed by atoms with Gasteiger partial charge in [-0.1, -0.05) is 17.7 Å². The lowest BCUT2D eigenvalue weighted by Crippen LogP contribution is -2.51. The number of carbonyl (C=O) groups excluding carboxylic acids is 1. The van der Waals surface area contributed by atoms with Crippen LogP contribution in [0.1, 0.15) is 12.5 Å². The molecule has 6 nitrogen and oxygen atoms in total. The maximum absolute atomic E-state index is 11.6. The quantitative estimate of drug-likeness (QED) is 0.860. The topological polar surface area (TPSA) is 62.2 Å². The Labute approximate surface area is 137 Å². The number of hydrogen-bond acceptors (Lipinski definition) is 5. The van der Waals surface area contributed by atoms with E-state index >= 15 is 0 Å². The van der Waals surface area contributed by atoms with E-state index in [4.69, 9.17) is 9.47 Å². The highest BCUT2D eigenvalue weighted by molar-refractivity contribution is 5.67. The molecule has 0 radical (unpaired) electrons. The van der Waals surface area contributed by atoms with Gasteiger partial charge in [-0.15, -0.1) is 0 Å². The summed E-state index contributed by atoms with van der Waals surface area (Å²) < 4.78 is 10.6. The van der Waals surface area contributed by atoms with Crippen LogP contribution >= 0.6 is 0 Å². The minimum atomic E-state index is -0.551. The molecule has 2 rings (SSSR count). The number of nitrogens with zero attached hydrogens (tertiary/aromatic N) is 2. The zero-order valence-electron chi connectivity index (χ0n) is 13.9. The van der Waals surface area contributed by atoms with Crippen LogP contribution in [0.15, 0.2) is 24.3 Å². The first-order valence-electron chi connectivity index (χ1n) is 8.10. The van der Waals surface area contributed by atoms with Crippen LogP contribution in [0.4, 0.5) is 4.79 Å². The lowest BCUT2D eigenvalue weighted by Gasteiger charge is -2.34. The monoisotopic (exact) mass is 322 g/mol. The SMILES string of the molecule is CCOC(=O)N1CCN(C[C@H](O)COc2ccc(C)cc2)CC1. The highest BCUT2D eigenvalue weighted by Gasteiger charge is 2.23. The number of benzene rings is 1. The molecule has 1 aromatic rings. The molecule has 1 fully saturated rings. The largest absolute Gasteiger partial charge is 0.491 e. The number of hydrogen-bond donors (Lipinski definition) is 1. The molecule has 1 heterocycles. The Morgan fingerprint density at radius 1 is 1.22 bits per heavy atom. The Morgan fingerprint density at radius 3 is 2.48 bits per heavy atom. The molecule has 1 N–H and O–H groups in total. The van der Waals surface area contributed by atoms with Crippen LogP contribution in [0.25, 0.3) is 0 Å². The fraction of sp³-hybridized carbons (Fsp3) is 0.588. The maximum atomic E-state index is 11.6. The number of β-amino-alcohol motifs (C(OH)–C–C–N with tert-alkyl or cyclic N) is 1. The van der Waals surface area contributed by atoms with E-state index in [1.807, 2.05) is 31.2 Å². The first-order chi connectivity index (χ1) is 11.1. The predicted molar refractivity (Wildman–Crippen MR) is 87.7 cm³/mol. The zero-order valence-corrected chi connectivity index (χ0v) is 13.9. The normalized spacial score (nSPS) is 16.9. The molecular weight excluding hydrogens is 296 g/mol. The lowest BCUT2D eigenvalue weighted by atomic mass is 10.2. The summed E-state index contributed by atoms with van der Waals surface area (Å²) in [5.74, 6) is 0.766. The van der Waals surface area contributed by atoms with Gasteiger partial charge in [-0.05, 0) is 26.0 Å². The van der Waals surface area contributed by atoms with E-state index in [-0.39, 0.29) is 12.7 Å². The van der Waals surface area contributed by atoms with Gasteiger partial charge in [-0.3, -0.25) is 4.90 Å². The second kappa shape index (κ2) is 8.74. The van der Waals surface area contributed by atoms with Gasteiger partial charge in [0.1, 0.15) is 18.5 Å². The highest BCUT2D eigenvalue weighted by Crippen LogP contribution is 2.12. The second-order valence-electron chi connectivity index (χ2n) is 5.76. The number of amides is 1. The molecule has 1 atom stereocenters. The molecule has 6 heteroatoms. The maximum Gasteiger partial charge on any atom is 0.409 e. The van der Waals surface area contributed by atoms with Crippen molar-refractivity contribution >= 4 is 6.09 Å². The van der Waals surface area contributed by atoms with Crippen LogP contribution in [0.2, 0.25) is 0 Å². The summed E-state index contributed by atoms with van der Waals surface area (Å²) in [6, 6.07) is 7.77. The van der Waals surface area contributed by atoms with Gasteiger partial charge in [0, 0.05) is 32.7 Å². The summed E-state index contributed by atoms with van der Waals surface area (Å²) in [6.07, 6.45) is -0.805. The lowest BCUT2D eigenvalue weighted by molar-refractivity contribution is 0.0408. The van der Waals surface area contributed by atoms with Gasteiger partial charge < -0.3 is 19.5 Å². The van der Waals surface area contributed by atoms with Crippen molar-refractivity contribution in [2.24, 2.45) is 0 Å². The molecular formula is C17H26N2O4. The molecule has 1 amide bonds. The van der Waals surface area contributed by atoms with E-state index in [1.54, 1.807) is 11.8 Å². The third-order valence-electron chi connectivity index (χ3n) is 3.83. The standard InChI is InChI=1S/C17H26N2O4/c1-3-22-17(21)19-10-8-18(9-11-19)12-15(20)13-23-16-6-4-14(2)5-7-16/h4-7,15,20H,3,8-13H2,1-2H3/t15-/m0/s1. The van der Waals surface area contributed by atoms with Crippen LogP contribution in [-0.2, 0) is 4.74 Å². The molecule has 0 spiro atoms. The molecule has 1 aromatic carbocycles. The van der Waals surface area contributed by atoms with Crippen LogP contribution in [0.3, 0.4) is 0 Å². The molecule has 0 aromatic heterocycles. The van der Waals surface area contributed by atoms with E-state index in [2.05, 4.69) is 4.90 Å². The average Bonchev–Trinajstić information content (AvgIpc) is 2.55. The Kier molecular flexibility index (Phi) is 6.67. The molecule has 0 unspecified atom stereocenters. The van der Waals surface area contributed by atoms with Gasteiger partial charge in [0.05, 0.1) is 6.61 Å². The third-order valence-corrected chi connectivity index (χ3v) is 3.83. The van der Waals surface area contributed by atoms with Crippen LogP contribution in [-0.4, -0.2) is 73.0 Å². The van der Waals surface area contributed by atoms with Crippen LogP contribution in [0, 0.1) is 6.92 Å². The molecule has 128 valence electrons. The number of aryl methyl sites for hydroxylation is 1. The highest BCUT2D eigenvalue weighted by atomic mass is 16.6. The fourth-order valence-electron chi connectivity index (χ4n) is 2.51. The Bertz CT molecular complexity index is 484. The molecule has 0 bridgehead atoms. The van der Waals surface area contributed by atoms with E-state index in [1.165, 1.54) is 5.56 Å². The van der Waals surface area contributed by atoms with Gasteiger partial charge in [-0.25, -0.2) is 4.79 Å². The average molecular weight is 322 g/mol. The predicted octanol–water partition coefficient (Wildman–Crippen LogP) is 1.51. The Balaban J connectivity index is 1.67. The first kappa shape index (κ1) is 17.6. The zero-order chi connectivity index (χ0) is 16.7. The van der Waals surface area contributed by atoms with E-state index in [9.17, 15) is 9.90 Å². The van der Waals surface area contributed by atoms with Crippen molar-refractivity contribution in [3.05, 3.63) is 29.8 Å². The number of carbonyl (C=O) groups is 1.